The number of amides is 1. The summed E-state index contributed by atoms with van der Waals surface area (Å²) in [5.41, 5.74) is -1.17. The summed E-state index contributed by atoms with van der Waals surface area (Å²) in [4.78, 5) is 22.7. The van der Waals surface area contributed by atoms with Crippen molar-refractivity contribution in [1.29, 1.82) is 0 Å². The Labute approximate surface area is 123 Å². The van der Waals surface area contributed by atoms with Crippen molar-refractivity contribution in [2.45, 2.75) is 19.3 Å². The van der Waals surface area contributed by atoms with Crippen LogP contribution in [-0.2, 0) is 9.59 Å². The molecule has 21 heavy (non-hydrogen) atoms. The molecule has 0 heterocycles. The van der Waals surface area contributed by atoms with Gasteiger partial charge in [-0.3, -0.25) is 9.59 Å². The highest BCUT2D eigenvalue weighted by Crippen LogP contribution is 2.45. The maximum absolute atomic E-state index is 11.7. The fourth-order valence-corrected chi connectivity index (χ4v) is 1.97. The van der Waals surface area contributed by atoms with E-state index in [1.54, 1.807) is 31.4 Å². The smallest absolute Gasteiger partial charge is 0.319 e. The number of ether oxygens (including phenoxy) is 2. The molecule has 1 aromatic carbocycles. The van der Waals surface area contributed by atoms with Gasteiger partial charge in [-0.15, -0.1) is 0 Å². The highest BCUT2D eigenvalue weighted by atomic mass is 16.5. The van der Waals surface area contributed by atoms with E-state index in [2.05, 4.69) is 5.32 Å². The lowest BCUT2D eigenvalue weighted by molar-refractivity contribution is -0.149. The Morgan fingerprint density at radius 1 is 1.24 bits per heavy atom. The van der Waals surface area contributed by atoms with Gasteiger partial charge in [-0.2, -0.15) is 0 Å². The Morgan fingerprint density at radius 2 is 1.86 bits per heavy atom. The monoisotopic (exact) mass is 293 g/mol. The van der Waals surface area contributed by atoms with Crippen LogP contribution in [-0.4, -0.2) is 37.2 Å². The number of hydrogen-bond donors (Lipinski definition) is 2. The van der Waals surface area contributed by atoms with E-state index in [4.69, 9.17) is 14.6 Å². The minimum atomic E-state index is -1.17. The quantitative estimate of drug-likeness (QED) is 0.559. The molecule has 0 atom stereocenters. The number of nitrogens with one attached hydrogen (secondary N) is 1. The molecule has 1 aliphatic rings. The number of rotatable bonds is 8. The van der Waals surface area contributed by atoms with E-state index in [1.807, 2.05) is 0 Å². The number of carboxylic acids is 1. The maximum Gasteiger partial charge on any atom is 0.319 e. The van der Waals surface area contributed by atoms with Gasteiger partial charge in [0, 0.05) is 6.54 Å². The molecular formula is C15H19NO5. The van der Waals surface area contributed by atoms with Crippen molar-refractivity contribution in [2.24, 2.45) is 5.41 Å². The SMILES string of the molecule is COc1ccc(OCCCNC(=O)C2(C(=O)O)CC2)cc1. The Bertz CT molecular complexity index is 507. The first kappa shape index (κ1) is 15.2. The third-order valence-corrected chi connectivity index (χ3v) is 3.53. The molecule has 114 valence electrons. The van der Waals surface area contributed by atoms with Crippen molar-refractivity contribution in [3.63, 3.8) is 0 Å². The van der Waals surface area contributed by atoms with Gasteiger partial charge in [0.1, 0.15) is 16.9 Å². The van der Waals surface area contributed by atoms with E-state index in [1.165, 1.54) is 0 Å². The zero-order chi connectivity index (χ0) is 15.3. The lowest BCUT2D eigenvalue weighted by atomic mass is 10.1. The zero-order valence-corrected chi connectivity index (χ0v) is 11.9. The highest BCUT2D eigenvalue weighted by Gasteiger charge is 2.56. The maximum atomic E-state index is 11.7. The van der Waals surface area contributed by atoms with Crippen molar-refractivity contribution < 1.29 is 24.2 Å². The second-order valence-electron chi connectivity index (χ2n) is 5.02. The van der Waals surface area contributed by atoms with Crippen LogP contribution in [0.15, 0.2) is 24.3 Å². The molecule has 0 bridgehead atoms. The Kier molecular flexibility index (Phi) is 4.67. The van der Waals surface area contributed by atoms with Gasteiger partial charge < -0.3 is 19.9 Å². The molecule has 0 radical (unpaired) electrons. The third kappa shape index (κ3) is 3.65. The van der Waals surface area contributed by atoms with Gasteiger partial charge in [-0.05, 0) is 43.5 Å². The molecule has 1 aliphatic carbocycles. The molecule has 1 amide bonds. The second kappa shape index (κ2) is 6.47. The van der Waals surface area contributed by atoms with Gasteiger partial charge in [0.2, 0.25) is 5.91 Å². The van der Waals surface area contributed by atoms with E-state index in [-0.39, 0.29) is 5.91 Å². The first-order valence-corrected chi connectivity index (χ1v) is 6.87. The van der Waals surface area contributed by atoms with E-state index < -0.39 is 11.4 Å². The number of carboxylic acid groups (broad SMARTS) is 1. The van der Waals surface area contributed by atoms with Crippen LogP contribution in [0.3, 0.4) is 0 Å². The summed E-state index contributed by atoms with van der Waals surface area (Å²) in [5, 5.41) is 11.6. The molecule has 0 saturated heterocycles. The molecule has 0 unspecified atom stereocenters. The van der Waals surface area contributed by atoms with Crippen LogP contribution in [0.4, 0.5) is 0 Å². The topological polar surface area (TPSA) is 84.9 Å². The number of aliphatic carboxylic acids is 1. The van der Waals surface area contributed by atoms with E-state index in [9.17, 15) is 9.59 Å². The summed E-state index contributed by atoms with van der Waals surface area (Å²) in [6.07, 6.45) is 1.47. The number of methoxy groups -OCH3 is 1. The Morgan fingerprint density at radius 3 is 2.38 bits per heavy atom. The van der Waals surface area contributed by atoms with Gasteiger partial charge in [-0.1, -0.05) is 0 Å². The molecule has 6 nitrogen and oxygen atoms in total. The largest absolute Gasteiger partial charge is 0.497 e. The predicted octanol–water partition coefficient (Wildman–Crippen LogP) is 1.45. The summed E-state index contributed by atoms with van der Waals surface area (Å²) >= 11 is 0. The molecule has 6 heteroatoms. The van der Waals surface area contributed by atoms with Crippen LogP contribution < -0.4 is 14.8 Å². The van der Waals surface area contributed by atoms with Crippen molar-refractivity contribution in [1.82, 2.24) is 5.32 Å². The molecule has 0 aromatic heterocycles. The van der Waals surface area contributed by atoms with Crippen molar-refractivity contribution in [3.8, 4) is 11.5 Å². The molecule has 0 aliphatic heterocycles. The molecular weight excluding hydrogens is 274 g/mol. The number of hydrogen-bond acceptors (Lipinski definition) is 4. The van der Waals surface area contributed by atoms with Crippen LogP contribution >= 0.6 is 0 Å². The molecule has 2 rings (SSSR count). The lowest BCUT2D eigenvalue weighted by Gasteiger charge is -2.11. The van der Waals surface area contributed by atoms with Crippen LogP contribution in [0.25, 0.3) is 0 Å². The van der Waals surface area contributed by atoms with E-state index >= 15 is 0 Å². The minimum absolute atomic E-state index is 0.389. The average Bonchev–Trinajstić information content (AvgIpc) is 3.29. The summed E-state index contributed by atoms with van der Waals surface area (Å²) in [6, 6.07) is 7.23. The third-order valence-electron chi connectivity index (χ3n) is 3.53. The van der Waals surface area contributed by atoms with E-state index in [0.29, 0.717) is 32.4 Å². The number of carbonyl (C=O) groups excluding carboxylic acids is 1. The minimum Gasteiger partial charge on any atom is -0.497 e. The van der Waals surface area contributed by atoms with Crippen LogP contribution in [0.5, 0.6) is 11.5 Å². The van der Waals surface area contributed by atoms with Crippen LogP contribution in [0, 0.1) is 5.41 Å². The Balaban J connectivity index is 1.64. The van der Waals surface area contributed by atoms with Gasteiger partial charge >= 0.3 is 5.97 Å². The first-order chi connectivity index (χ1) is 10.1. The van der Waals surface area contributed by atoms with Gasteiger partial charge in [-0.25, -0.2) is 0 Å². The summed E-state index contributed by atoms with van der Waals surface area (Å²) in [6.45, 7) is 0.858. The first-order valence-electron chi connectivity index (χ1n) is 6.87. The molecule has 1 saturated carbocycles. The molecule has 2 N–H and O–H groups in total. The highest BCUT2D eigenvalue weighted by molar-refractivity contribution is 6.04. The Hall–Kier alpha value is -2.24. The van der Waals surface area contributed by atoms with Crippen molar-refractivity contribution in [2.75, 3.05) is 20.3 Å². The van der Waals surface area contributed by atoms with E-state index in [0.717, 1.165) is 11.5 Å². The van der Waals surface area contributed by atoms with Gasteiger partial charge in [0.15, 0.2) is 0 Å². The fourth-order valence-electron chi connectivity index (χ4n) is 1.97. The number of benzene rings is 1. The standard InChI is InChI=1S/C15H19NO5/c1-20-11-3-5-12(6-4-11)21-10-2-9-16-13(17)15(7-8-15)14(18)19/h3-6H,2,7-10H2,1H3,(H,16,17)(H,18,19). The fraction of sp³-hybridized carbons (Fsp3) is 0.467. The van der Waals surface area contributed by atoms with Crippen LogP contribution in [0.2, 0.25) is 0 Å². The lowest BCUT2D eigenvalue weighted by Crippen LogP contribution is -2.37. The number of carbonyl (C=O) groups is 2. The summed E-state index contributed by atoms with van der Waals surface area (Å²) < 4.78 is 10.6. The summed E-state index contributed by atoms with van der Waals surface area (Å²) in [5.74, 6) is 0.0678. The normalized spacial score (nSPS) is 15.1. The van der Waals surface area contributed by atoms with Gasteiger partial charge in [0.05, 0.1) is 13.7 Å². The van der Waals surface area contributed by atoms with Crippen molar-refractivity contribution in [3.05, 3.63) is 24.3 Å². The van der Waals surface area contributed by atoms with Crippen LogP contribution in [0.1, 0.15) is 19.3 Å². The zero-order valence-electron chi connectivity index (χ0n) is 11.9. The molecule has 1 fully saturated rings. The van der Waals surface area contributed by atoms with Crippen molar-refractivity contribution >= 4 is 11.9 Å². The summed E-state index contributed by atoms with van der Waals surface area (Å²) in [7, 11) is 1.60. The molecule has 0 spiro atoms. The van der Waals surface area contributed by atoms with Gasteiger partial charge in [0.25, 0.3) is 0 Å². The molecule has 1 aromatic rings. The predicted molar refractivity (Wildman–Crippen MR) is 75.4 cm³/mol. The second-order valence-corrected chi connectivity index (χ2v) is 5.02. The average molecular weight is 293 g/mol.